The van der Waals surface area contributed by atoms with Crippen LogP contribution in [0.4, 0.5) is 18.0 Å². The Labute approximate surface area is 190 Å². The Hall–Kier alpha value is -3.96. The number of imidazole rings is 1. The summed E-state index contributed by atoms with van der Waals surface area (Å²) in [6.45, 7) is 5.53. The smallest absolute Gasteiger partial charge is 0.417 e. The summed E-state index contributed by atoms with van der Waals surface area (Å²) in [5, 5.41) is 7.32. The molecule has 9 nitrogen and oxygen atoms in total. The van der Waals surface area contributed by atoms with Gasteiger partial charge < -0.3 is 14.1 Å². The highest BCUT2D eigenvalue weighted by molar-refractivity contribution is 5.86. The van der Waals surface area contributed by atoms with Crippen LogP contribution in [-0.4, -0.2) is 54.2 Å². The van der Waals surface area contributed by atoms with Crippen LogP contribution < -0.4 is 0 Å². The molecule has 176 valence electrons. The Morgan fingerprint density at radius 1 is 1.15 bits per heavy atom. The van der Waals surface area contributed by atoms with Crippen molar-refractivity contribution < 1.29 is 27.1 Å². The fraction of sp³-hybridized carbons (Fsp3) is 0.318. The molecule has 0 atom stereocenters. The second-order valence-electron chi connectivity index (χ2n) is 8.81. The van der Waals surface area contributed by atoms with Crippen molar-refractivity contribution in [3.8, 4) is 11.6 Å². The Morgan fingerprint density at radius 3 is 2.62 bits per heavy atom. The second-order valence-corrected chi connectivity index (χ2v) is 8.81. The lowest BCUT2D eigenvalue weighted by molar-refractivity contribution is -0.136. The average Bonchev–Trinajstić information content (AvgIpc) is 3.51. The molecule has 4 aromatic rings. The minimum Gasteiger partial charge on any atom is -0.444 e. The van der Waals surface area contributed by atoms with E-state index >= 15 is 0 Å². The highest BCUT2D eigenvalue weighted by Gasteiger charge is 2.35. The fourth-order valence-electron chi connectivity index (χ4n) is 3.72. The van der Waals surface area contributed by atoms with Gasteiger partial charge in [0.15, 0.2) is 0 Å². The number of hydrogen-bond donors (Lipinski definition) is 0. The van der Waals surface area contributed by atoms with Crippen LogP contribution in [-0.2, 0) is 10.9 Å². The van der Waals surface area contributed by atoms with E-state index in [1.54, 1.807) is 26.8 Å². The van der Waals surface area contributed by atoms with Crippen molar-refractivity contribution in [3.05, 3.63) is 48.1 Å². The zero-order chi connectivity index (χ0) is 24.3. The van der Waals surface area contributed by atoms with Gasteiger partial charge in [0.2, 0.25) is 6.39 Å². The third-order valence-corrected chi connectivity index (χ3v) is 5.18. The summed E-state index contributed by atoms with van der Waals surface area (Å²) in [7, 11) is 0. The Balaban J connectivity index is 1.60. The van der Waals surface area contributed by atoms with Gasteiger partial charge >= 0.3 is 12.3 Å². The lowest BCUT2D eigenvalue weighted by Crippen LogP contribution is -2.35. The van der Waals surface area contributed by atoms with Crippen LogP contribution in [0.3, 0.4) is 0 Å². The summed E-state index contributed by atoms with van der Waals surface area (Å²) in [6, 6.07) is 3.82. The maximum atomic E-state index is 14.0. The number of pyridine rings is 2. The standard InChI is InChI=1S/C22H19F3N6O3/c1-21(2,3)34-20(32)30-7-6-12(9-30)15-8-14(22(23,24)25)13-4-5-17-27-16(19-29-26-11-33-19)10-31(17)18(13)28-15/h4-6,8,10-11H,7,9H2,1-3H3. The van der Waals surface area contributed by atoms with Crippen LogP contribution in [0.1, 0.15) is 32.0 Å². The normalized spacial score (nSPS) is 14.8. The van der Waals surface area contributed by atoms with E-state index in [1.165, 1.54) is 27.6 Å². The average molecular weight is 472 g/mol. The number of amides is 1. The lowest BCUT2D eigenvalue weighted by Gasteiger charge is -2.24. The number of rotatable bonds is 2. The summed E-state index contributed by atoms with van der Waals surface area (Å²) < 4.78 is 54.0. The second kappa shape index (κ2) is 7.54. The number of fused-ring (bicyclic) bond motifs is 3. The van der Waals surface area contributed by atoms with Crippen molar-refractivity contribution in [2.45, 2.75) is 32.5 Å². The molecule has 5 heterocycles. The molecule has 1 aliphatic rings. The van der Waals surface area contributed by atoms with E-state index in [9.17, 15) is 18.0 Å². The molecule has 0 N–H and O–H groups in total. The van der Waals surface area contributed by atoms with Gasteiger partial charge in [0.05, 0.1) is 17.8 Å². The van der Waals surface area contributed by atoms with Crippen LogP contribution in [0.5, 0.6) is 0 Å². The first-order chi connectivity index (χ1) is 16.0. The predicted molar refractivity (Wildman–Crippen MR) is 115 cm³/mol. The van der Waals surface area contributed by atoms with Gasteiger partial charge in [-0.2, -0.15) is 13.2 Å². The molecule has 0 unspecified atom stereocenters. The summed E-state index contributed by atoms with van der Waals surface area (Å²) in [5.41, 5.74) is -0.167. The highest BCUT2D eigenvalue weighted by Crippen LogP contribution is 2.37. The molecule has 0 aromatic carbocycles. The molecule has 4 aromatic heterocycles. The van der Waals surface area contributed by atoms with Crippen molar-refractivity contribution in [3.63, 3.8) is 0 Å². The maximum Gasteiger partial charge on any atom is 0.417 e. The van der Waals surface area contributed by atoms with E-state index < -0.39 is 23.4 Å². The van der Waals surface area contributed by atoms with E-state index in [4.69, 9.17) is 9.15 Å². The molecule has 0 radical (unpaired) electrons. The Morgan fingerprint density at radius 2 is 1.94 bits per heavy atom. The van der Waals surface area contributed by atoms with Gasteiger partial charge in [-0.25, -0.2) is 14.8 Å². The number of ether oxygens (including phenoxy) is 1. The summed E-state index contributed by atoms with van der Waals surface area (Å²) in [4.78, 5) is 22.7. The van der Waals surface area contributed by atoms with Gasteiger partial charge in [0.25, 0.3) is 5.89 Å². The van der Waals surface area contributed by atoms with Crippen LogP contribution in [0.2, 0.25) is 0 Å². The molecule has 0 saturated carbocycles. The third-order valence-electron chi connectivity index (χ3n) is 5.18. The number of carbonyl (C=O) groups excluding carboxylic acids is 1. The van der Waals surface area contributed by atoms with E-state index in [-0.39, 0.29) is 35.7 Å². The summed E-state index contributed by atoms with van der Waals surface area (Å²) in [6.07, 6.45) is -0.854. The number of nitrogens with zero attached hydrogens (tertiary/aromatic N) is 6. The zero-order valence-corrected chi connectivity index (χ0v) is 18.4. The Bertz CT molecular complexity index is 1430. The number of halogens is 3. The van der Waals surface area contributed by atoms with Crippen LogP contribution in [0.15, 0.2) is 41.3 Å². The first-order valence-corrected chi connectivity index (χ1v) is 10.3. The van der Waals surface area contributed by atoms with E-state index in [0.717, 1.165) is 12.5 Å². The lowest BCUT2D eigenvalue weighted by atomic mass is 10.1. The minimum atomic E-state index is -4.62. The fourth-order valence-corrected chi connectivity index (χ4v) is 3.72. The van der Waals surface area contributed by atoms with Gasteiger partial charge in [-0.15, -0.1) is 10.2 Å². The molecule has 1 aliphatic heterocycles. The molecule has 0 spiro atoms. The highest BCUT2D eigenvalue weighted by atomic mass is 19.4. The Kier molecular flexibility index (Phi) is 4.85. The van der Waals surface area contributed by atoms with Crippen molar-refractivity contribution in [1.29, 1.82) is 0 Å². The largest absolute Gasteiger partial charge is 0.444 e. The topological polar surface area (TPSA) is 98.7 Å². The van der Waals surface area contributed by atoms with Crippen molar-refractivity contribution in [2.24, 2.45) is 0 Å². The first-order valence-electron chi connectivity index (χ1n) is 10.3. The van der Waals surface area contributed by atoms with E-state index in [0.29, 0.717) is 16.9 Å². The predicted octanol–water partition coefficient (Wildman–Crippen LogP) is 4.59. The van der Waals surface area contributed by atoms with Gasteiger partial charge in [0.1, 0.15) is 22.6 Å². The van der Waals surface area contributed by atoms with Crippen LogP contribution in [0, 0.1) is 0 Å². The monoisotopic (exact) mass is 472 g/mol. The molecular formula is C22H19F3N6O3. The van der Waals surface area contributed by atoms with E-state index in [1.807, 2.05) is 0 Å². The minimum absolute atomic E-state index is 0.0669. The summed E-state index contributed by atoms with van der Waals surface area (Å²) >= 11 is 0. The van der Waals surface area contributed by atoms with Gasteiger partial charge in [-0.05, 0) is 44.5 Å². The zero-order valence-electron chi connectivity index (χ0n) is 18.4. The molecule has 0 bridgehead atoms. The van der Waals surface area contributed by atoms with E-state index in [2.05, 4.69) is 20.2 Å². The summed E-state index contributed by atoms with van der Waals surface area (Å²) in [5.74, 6) is 0.135. The SMILES string of the molecule is CC(C)(C)OC(=O)N1CC=C(c2cc(C(F)(F)F)c3ccc4nc(-c5nnco5)cn4c3n2)C1. The number of alkyl halides is 3. The number of aromatic nitrogens is 5. The molecule has 12 heteroatoms. The van der Waals surface area contributed by atoms with Crippen molar-refractivity contribution in [2.75, 3.05) is 13.1 Å². The number of carbonyl (C=O) groups is 1. The maximum absolute atomic E-state index is 14.0. The first kappa shape index (κ1) is 21.9. The molecule has 5 rings (SSSR count). The molecule has 0 saturated heterocycles. The quantitative estimate of drug-likeness (QED) is 0.421. The van der Waals surface area contributed by atoms with Gasteiger partial charge in [0, 0.05) is 18.1 Å². The number of hydrogen-bond acceptors (Lipinski definition) is 7. The van der Waals surface area contributed by atoms with Crippen molar-refractivity contribution in [1.82, 2.24) is 29.5 Å². The van der Waals surface area contributed by atoms with Crippen LogP contribution >= 0.6 is 0 Å². The van der Waals surface area contributed by atoms with Gasteiger partial charge in [-0.1, -0.05) is 6.08 Å². The van der Waals surface area contributed by atoms with Gasteiger partial charge in [-0.3, -0.25) is 4.40 Å². The molecular weight excluding hydrogens is 453 g/mol. The molecule has 1 amide bonds. The molecule has 0 fully saturated rings. The van der Waals surface area contributed by atoms with Crippen molar-refractivity contribution >= 4 is 28.3 Å². The third kappa shape index (κ3) is 3.95. The van der Waals surface area contributed by atoms with Crippen LogP contribution in [0.25, 0.3) is 33.8 Å². The molecule has 34 heavy (non-hydrogen) atoms. The molecule has 0 aliphatic carbocycles.